The maximum atomic E-state index is 10.5. The van der Waals surface area contributed by atoms with Gasteiger partial charge in [0, 0.05) is 5.92 Å². The van der Waals surface area contributed by atoms with Gasteiger partial charge in [0.15, 0.2) is 0 Å². The molecule has 0 aromatic heterocycles. The summed E-state index contributed by atoms with van der Waals surface area (Å²) in [5, 5.41) is 10.5. The molecule has 13 heavy (non-hydrogen) atoms. The fourth-order valence-electron chi connectivity index (χ4n) is 2.93. The predicted molar refractivity (Wildman–Crippen MR) is 54.4 cm³/mol. The SMILES string of the molecule is OC1([C]2CCCCC2)CCCCC1. The summed E-state index contributed by atoms with van der Waals surface area (Å²) in [6, 6.07) is 0. The quantitative estimate of drug-likeness (QED) is 0.658. The van der Waals surface area contributed by atoms with Crippen molar-refractivity contribution in [3.63, 3.8) is 0 Å². The molecule has 0 atom stereocenters. The summed E-state index contributed by atoms with van der Waals surface area (Å²) in [4.78, 5) is 0. The van der Waals surface area contributed by atoms with Crippen molar-refractivity contribution in [2.45, 2.75) is 69.8 Å². The Kier molecular flexibility index (Phi) is 2.92. The average molecular weight is 181 g/mol. The molecule has 0 heterocycles. The molecule has 2 aliphatic carbocycles. The Bertz CT molecular complexity index is 153. The largest absolute Gasteiger partial charge is 0.389 e. The number of hydrogen-bond acceptors (Lipinski definition) is 1. The second kappa shape index (κ2) is 4.00. The van der Waals surface area contributed by atoms with E-state index in [1.165, 1.54) is 57.3 Å². The Morgan fingerprint density at radius 2 is 1.31 bits per heavy atom. The molecule has 0 unspecified atom stereocenters. The third kappa shape index (κ3) is 2.07. The van der Waals surface area contributed by atoms with Crippen LogP contribution in [0.25, 0.3) is 0 Å². The topological polar surface area (TPSA) is 20.2 Å². The van der Waals surface area contributed by atoms with Gasteiger partial charge in [-0.25, -0.2) is 0 Å². The van der Waals surface area contributed by atoms with Gasteiger partial charge in [-0.05, 0) is 25.7 Å². The Morgan fingerprint density at radius 1 is 0.769 bits per heavy atom. The van der Waals surface area contributed by atoms with Crippen molar-refractivity contribution in [2.24, 2.45) is 0 Å². The van der Waals surface area contributed by atoms with Gasteiger partial charge in [-0.15, -0.1) is 0 Å². The van der Waals surface area contributed by atoms with Crippen molar-refractivity contribution in [3.8, 4) is 0 Å². The second-order valence-corrected chi connectivity index (χ2v) is 4.76. The van der Waals surface area contributed by atoms with Crippen LogP contribution in [-0.2, 0) is 0 Å². The van der Waals surface area contributed by atoms with Gasteiger partial charge in [0.1, 0.15) is 0 Å². The lowest BCUT2D eigenvalue weighted by Gasteiger charge is -2.40. The van der Waals surface area contributed by atoms with Crippen LogP contribution in [0.1, 0.15) is 64.2 Å². The summed E-state index contributed by atoms with van der Waals surface area (Å²) < 4.78 is 0. The van der Waals surface area contributed by atoms with Crippen LogP contribution in [0.4, 0.5) is 0 Å². The fraction of sp³-hybridized carbons (Fsp3) is 0.917. The van der Waals surface area contributed by atoms with E-state index in [1.807, 2.05) is 0 Å². The van der Waals surface area contributed by atoms with Crippen LogP contribution < -0.4 is 0 Å². The van der Waals surface area contributed by atoms with Crippen LogP contribution in [-0.4, -0.2) is 10.7 Å². The summed E-state index contributed by atoms with van der Waals surface area (Å²) in [6.45, 7) is 0. The Morgan fingerprint density at radius 3 is 1.92 bits per heavy atom. The van der Waals surface area contributed by atoms with Crippen LogP contribution in [0, 0.1) is 5.92 Å². The molecule has 0 aromatic carbocycles. The van der Waals surface area contributed by atoms with E-state index in [2.05, 4.69) is 0 Å². The van der Waals surface area contributed by atoms with E-state index in [-0.39, 0.29) is 5.60 Å². The maximum absolute atomic E-state index is 10.5. The van der Waals surface area contributed by atoms with Crippen LogP contribution >= 0.6 is 0 Å². The predicted octanol–water partition coefficient (Wildman–Crippen LogP) is 3.22. The molecule has 2 saturated carbocycles. The van der Waals surface area contributed by atoms with Crippen molar-refractivity contribution in [1.82, 2.24) is 0 Å². The Balaban J connectivity index is 1.94. The molecule has 1 heteroatoms. The molecule has 0 aromatic rings. The highest BCUT2D eigenvalue weighted by molar-refractivity contribution is 5.10. The first-order chi connectivity index (χ1) is 6.31. The number of rotatable bonds is 1. The van der Waals surface area contributed by atoms with Crippen LogP contribution in [0.3, 0.4) is 0 Å². The van der Waals surface area contributed by atoms with E-state index in [9.17, 15) is 5.11 Å². The molecule has 2 rings (SSSR count). The zero-order valence-corrected chi connectivity index (χ0v) is 8.52. The van der Waals surface area contributed by atoms with E-state index in [4.69, 9.17) is 0 Å². The van der Waals surface area contributed by atoms with E-state index < -0.39 is 0 Å². The minimum atomic E-state index is -0.335. The van der Waals surface area contributed by atoms with Crippen LogP contribution in [0.15, 0.2) is 0 Å². The average Bonchev–Trinajstić information content (AvgIpc) is 2.20. The summed E-state index contributed by atoms with van der Waals surface area (Å²) >= 11 is 0. The molecule has 1 radical (unpaired) electrons. The van der Waals surface area contributed by atoms with Crippen molar-refractivity contribution >= 4 is 0 Å². The Labute approximate surface area is 81.5 Å². The van der Waals surface area contributed by atoms with Gasteiger partial charge in [0.2, 0.25) is 0 Å². The van der Waals surface area contributed by atoms with E-state index in [0.29, 0.717) is 0 Å². The van der Waals surface area contributed by atoms with Crippen molar-refractivity contribution < 1.29 is 5.11 Å². The molecule has 1 N–H and O–H groups in total. The van der Waals surface area contributed by atoms with Crippen molar-refractivity contribution in [1.29, 1.82) is 0 Å². The van der Waals surface area contributed by atoms with E-state index in [0.717, 1.165) is 12.8 Å². The summed E-state index contributed by atoms with van der Waals surface area (Å²) in [6.07, 6.45) is 12.3. The third-order valence-corrected chi connectivity index (χ3v) is 3.80. The van der Waals surface area contributed by atoms with Gasteiger partial charge in [-0.3, -0.25) is 0 Å². The lowest BCUT2D eigenvalue weighted by molar-refractivity contribution is 0.00632. The third-order valence-electron chi connectivity index (χ3n) is 3.80. The minimum Gasteiger partial charge on any atom is -0.389 e. The highest BCUT2D eigenvalue weighted by Gasteiger charge is 2.38. The summed E-state index contributed by atoms with van der Waals surface area (Å²) in [5.74, 6) is 1.48. The molecule has 2 fully saturated rings. The molecule has 0 spiro atoms. The first-order valence-corrected chi connectivity index (χ1v) is 5.89. The Hall–Kier alpha value is -0.0400. The lowest BCUT2D eigenvalue weighted by atomic mass is 9.70. The first-order valence-electron chi connectivity index (χ1n) is 5.89. The van der Waals surface area contributed by atoms with Gasteiger partial charge < -0.3 is 5.11 Å². The van der Waals surface area contributed by atoms with E-state index >= 15 is 0 Å². The highest BCUT2D eigenvalue weighted by atomic mass is 16.3. The molecule has 0 aliphatic heterocycles. The smallest absolute Gasteiger partial charge is 0.0710 e. The molecule has 2 aliphatic rings. The number of hydrogen-bond donors (Lipinski definition) is 1. The van der Waals surface area contributed by atoms with Crippen LogP contribution in [0.5, 0.6) is 0 Å². The maximum Gasteiger partial charge on any atom is 0.0710 e. The normalized spacial score (nSPS) is 30.2. The molecule has 75 valence electrons. The first kappa shape index (κ1) is 9.51. The van der Waals surface area contributed by atoms with Gasteiger partial charge in [-0.1, -0.05) is 38.5 Å². The fourth-order valence-corrected chi connectivity index (χ4v) is 2.93. The summed E-state index contributed by atoms with van der Waals surface area (Å²) in [5.41, 5.74) is -0.335. The van der Waals surface area contributed by atoms with E-state index in [1.54, 1.807) is 0 Å². The zero-order chi connectivity index (χ0) is 9.15. The molecule has 0 saturated heterocycles. The number of aliphatic hydroxyl groups is 1. The molecule has 0 bridgehead atoms. The monoisotopic (exact) mass is 181 g/mol. The van der Waals surface area contributed by atoms with Gasteiger partial charge in [-0.2, -0.15) is 0 Å². The lowest BCUT2D eigenvalue weighted by Crippen LogP contribution is -2.39. The molecule has 1 nitrogen and oxygen atoms in total. The summed E-state index contributed by atoms with van der Waals surface area (Å²) in [7, 11) is 0. The zero-order valence-electron chi connectivity index (χ0n) is 8.52. The minimum absolute atomic E-state index is 0.335. The molecular weight excluding hydrogens is 160 g/mol. The van der Waals surface area contributed by atoms with Crippen molar-refractivity contribution in [2.75, 3.05) is 0 Å². The standard InChI is InChI=1S/C12H21O/c13-12(9-5-2-6-10-12)11-7-3-1-4-8-11/h13H,1-10H2. The molecular formula is C12H21O. The highest BCUT2D eigenvalue weighted by Crippen LogP contribution is 2.42. The van der Waals surface area contributed by atoms with Crippen LogP contribution in [0.2, 0.25) is 0 Å². The van der Waals surface area contributed by atoms with Gasteiger partial charge in [0.05, 0.1) is 5.60 Å². The second-order valence-electron chi connectivity index (χ2n) is 4.76. The van der Waals surface area contributed by atoms with Gasteiger partial charge in [0.25, 0.3) is 0 Å². The van der Waals surface area contributed by atoms with Crippen molar-refractivity contribution in [3.05, 3.63) is 5.92 Å². The molecule has 0 amide bonds. The van der Waals surface area contributed by atoms with Gasteiger partial charge >= 0.3 is 0 Å².